The number of hydrogen-bond donors (Lipinski definition) is 0. The van der Waals surface area contributed by atoms with Gasteiger partial charge in [-0.3, -0.25) is 4.79 Å². The zero-order valence-corrected chi connectivity index (χ0v) is 12.8. The average Bonchev–Trinajstić information content (AvgIpc) is 2.67. The Labute approximate surface area is 121 Å². The molecule has 3 nitrogen and oxygen atoms in total. The monoisotopic (exact) mass is 272 g/mol. The topological polar surface area (TPSA) is 23.6 Å². The van der Waals surface area contributed by atoms with Gasteiger partial charge in [-0.25, -0.2) is 0 Å². The number of rotatable bonds is 2. The van der Waals surface area contributed by atoms with Crippen LogP contribution in [0.5, 0.6) is 0 Å². The van der Waals surface area contributed by atoms with Crippen LogP contribution in [-0.4, -0.2) is 25.5 Å². The van der Waals surface area contributed by atoms with E-state index < -0.39 is 5.41 Å². The quantitative estimate of drug-likeness (QED) is 0.824. The highest BCUT2D eigenvalue weighted by Gasteiger charge is 2.45. The fourth-order valence-electron chi connectivity index (χ4n) is 3.66. The molecule has 0 N–H and O–H groups in total. The molecule has 0 radical (unpaired) electrons. The van der Waals surface area contributed by atoms with Crippen molar-refractivity contribution in [3.63, 3.8) is 0 Å². The number of piperidine rings is 1. The summed E-state index contributed by atoms with van der Waals surface area (Å²) in [7, 11) is 0. The molecule has 0 spiro atoms. The first-order chi connectivity index (χ1) is 9.57. The van der Waals surface area contributed by atoms with Crippen LogP contribution in [0.15, 0.2) is 18.2 Å². The zero-order chi connectivity index (χ0) is 14.3. The lowest BCUT2D eigenvalue weighted by Gasteiger charge is -2.32. The summed E-state index contributed by atoms with van der Waals surface area (Å²) >= 11 is 0. The SMILES string of the molecule is CCN1C(=O)C(C)(C)c2c(N3CCCCC3)cccc21. The highest BCUT2D eigenvalue weighted by molar-refractivity contribution is 6.09. The number of carbonyl (C=O) groups is 1. The van der Waals surface area contributed by atoms with E-state index in [4.69, 9.17) is 0 Å². The molecule has 0 bridgehead atoms. The molecule has 3 rings (SSSR count). The standard InChI is InChI=1S/C17H24N2O/c1-4-19-14-10-8-9-13(18-11-6-5-7-12-18)15(14)17(2,3)16(19)20/h8-10H,4-7,11-12H2,1-3H3. The molecule has 2 aliphatic heterocycles. The van der Waals surface area contributed by atoms with E-state index in [-0.39, 0.29) is 5.91 Å². The third-order valence-corrected chi connectivity index (χ3v) is 4.73. The van der Waals surface area contributed by atoms with E-state index in [9.17, 15) is 4.79 Å². The first-order valence-corrected chi connectivity index (χ1v) is 7.77. The minimum atomic E-state index is -0.403. The summed E-state index contributed by atoms with van der Waals surface area (Å²) in [5.74, 6) is 0.236. The third kappa shape index (κ3) is 1.83. The number of benzene rings is 1. The Kier molecular flexibility index (Phi) is 3.23. The van der Waals surface area contributed by atoms with Gasteiger partial charge in [0.2, 0.25) is 5.91 Å². The van der Waals surface area contributed by atoms with E-state index in [0.29, 0.717) is 0 Å². The van der Waals surface area contributed by atoms with Gasteiger partial charge in [0, 0.05) is 36.6 Å². The number of likely N-dealkylation sites (N-methyl/N-ethyl adjacent to an activating group) is 1. The van der Waals surface area contributed by atoms with Crippen molar-refractivity contribution in [3.05, 3.63) is 23.8 Å². The van der Waals surface area contributed by atoms with Crippen LogP contribution in [-0.2, 0) is 10.2 Å². The van der Waals surface area contributed by atoms with Gasteiger partial charge in [-0.15, -0.1) is 0 Å². The average molecular weight is 272 g/mol. The minimum Gasteiger partial charge on any atom is -0.371 e. The van der Waals surface area contributed by atoms with E-state index >= 15 is 0 Å². The number of fused-ring (bicyclic) bond motifs is 1. The van der Waals surface area contributed by atoms with Crippen LogP contribution in [0.2, 0.25) is 0 Å². The van der Waals surface area contributed by atoms with Gasteiger partial charge in [-0.05, 0) is 52.2 Å². The van der Waals surface area contributed by atoms with Gasteiger partial charge in [0.1, 0.15) is 0 Å². The first-order valence-electron chi connectivity index (χ1n) is 7.77. The van der Waals surface area contributed by atoms with Crippen molar-refractivity contribution in [3.8, 4) is 0 Å². The summed E-state index contributed by atoms with van der Waals surface area (Å²) in [4.78, 5) is 17.1. The van der Waals surface area contributed by atoms with Crippen molar-refractivity contribution in [1.82, 2.24) is 0 Å². The molecule has 1 saturated heterocycles. The van der Waals surface area contributed by atoms with E-state index in [2.05, 4.69) is 43.9 Å². The van der Waals surface area contributed by atoms with Crippen molar-refractivity contribution in [2.75, 3.05) is 29.4 Å². The van der Waals surface area contributed by atoms with Crippen LogP contribution in [0.3, 0.4) is 0 Å². The summed E-state index contributed by atoms with van der Waals surface area (Å²) in [6.07, 6.45) is 3.85. The summed E-state index contributed by atoms with van der Waals surface area (Å²) < 4.78 is 0. The van der Waals surface area contributed by atoms with Gasteiger partial charge in [0.05, 0.1) is 5.41 Å². The van der Waals surface area contributed by atoms with Gasteiger partial charge in [0.15, 0.2) is 0 Å². The molecule has 1 amide bonds. The molecule has 1 fully saturated rings. The smallest absolute Gasteiger partial charge is 0.237 e. The Morgan fingerprint density at radius 3 is 2.40 bits per heavy atom. The number of amides is 1. The maximum Gasteiger partial charge on any atom is 0.237 e. The molecule has 0 aliphatic carbocycles. The molecule has 0 aromatic heterocycles. The Morgan fingerprint density at radius 2 is 1.75 bits per heavy atom. The fourth-order valence-corrected chi connectivity index (χ4v) is 3.66. The second-order valence-electron chi connectivity index (χ2n) is 6.39. The Balaban J connectivity index is 2.11. The Morgan fingerprint density at radius 1 is 1.10 bits per heavy atom. The third-order valence-electron chi connectivity index (χ3n) is 4.73. The molecule has 0 unspecified atom stereocenters. The largest absolute Gasteiger partial charge is 0.371 e. The lowest BCUT2D eigenvalue weighted by Crippen LogP contribution is -2.37. The Hall–Kier alpha value is -1.51. The second-order valence-corrected chi connectivity index (χ2v) is 6.39. The summed E-state index contributed by atoms with van der Waals surface area (Å²) in [5.41, 5.74) is 3.22. The molecule has 1 aromatic carbocycles. The van der Waals surface area contributed by atoms with Gasteiger partial charge in [0.25, 0.3) is 0 Å². The van der Waals surface area contributed by atoms with E-state index in [1.165, 1.54) is 30.5 Å². The first kappa shape index (κ1) is 13.5. The van der Waals surface area contributed by atoms with E-state index in [0.717, 1.165) is 25.3 Å². The molecule has 0 atom stereocenters. The van der Waals surface area contributed by atoms with Crippen molar-refractivity contribution in [1.29, 1.82) is 0 Å². The molecule has 2 aliphatic rings. The summed E-state index contributed by atoms with van der Waals surface area (Å²) in [6, 6.07) is 6.39. The Bertz CT molecular complexity index is 530. The molecule has 108 valence electrons. The van der Waals surface area contributed by atoms with Crippen LogP contribution in [0.25, 0.3) is 0 Å². The van der Waals surface area contributed by atoms with Gasteiger partial charge in [-0.2, -0.15) is 0 Å². The normalized spacial score (nSPS) is 21.2. The molecular formula is C17H24N2O. The van der Waals surface area contributed by atoms with Gasteiger partial charge in [-0.1, -0.05) is 6.07 Å². The van der Waals surface area contributed by atoms with E-state index in [1.807, 2.05) is 4.90 Å². The molecule has 1 aromatic rings. The lowest BCUT2D eigenvalue weighted by atomic mass is 9.84. The second kappa shape index (κ2) is 4.80. The lowest BCUT2D eigenvalue weighted by molar-refractivity contribution is -0.122. The van der Waals surface area contributed by atoms with Crippen molar-refractivity contribution >= 4 is 17.3 Å². The summed E-state index contributed by atoms with van der Waals surface area (Å²) in [6.45, 7) is 9.17. The van der Waals surface area contributed by atoms with Crippen molar-refractivity contribution in [2.24, 2.45) is 0 Å². The van der Waals surface area contributed by atoms with Crippen LogP contribution < -0.4 is 9.80 Å². The number of hydrogen-bond acceptors (Lipinski definition) is 2. The predicted molar refractivity (Wildman–Crippen MR) is 83.6 cm³/mol. The molecule has 3 heteroatoms. The van der Waals surface area contributed by atoms with Gasteiger partial charge < -0.3 is 9.80 Å². The van der Waals surface area contributed by atoms with Crippen LogP contribution in [0.1, 0.15) is 45.6 Å². The number of carbonyl (C=O) groups excluding carboxylic acids is 1. The zero-order valence-electron chi connectivity index (χ0n) is 12.8. The molecule has 20 heavy (non-hydrogen) atoms. The maximum atomic E-state index is 12.7. The minimum absolute atomic E-state index is 0.236. The molecule has 0 saturated carbocycles. The van der Waals surface area contributed by atoms with E-state index in [1.54, 1.807) is 0 Å². The highest BCUT2D eigenvalue weighted by atomic mass is 16.2. The number of nitrogens with zero attached hydrogens (tertiary/aromatic N) is 2. The highest BCUT2D eigenvalue weighted by Crippen LogP contribution is 2.46. The van der Waals surface area contributed by atoms with Crippen molar-refractivity contribution in [2.45, 2.75) is 45.4 Å². The summed E-state index contributed by atoms with van der Waals surface area (Å²) in [5, 5.41) is 0. The number of anilines is 2. The predicted octanol–water partition coefficient (Wildman–Crippen LogP) is 3.32. The van der Waals surface area contributed by atoms with Gasteiger partial charge >= 0.3 is 0 Å². The van der Waals surface area contributed by atoms with Crippen LogP contribution in [0, 0.1) is 0 Å². The van der Waals surface area contributed by atoms with Crippen LogP contribution >= 0.6 is 0 Å². The van der Waals surface area contributed by atoms with Crippen molar-refractivity contribution < 1.29 is 4.79 Å². The molecule has 2 heterocycles. The van der Waals surface area contributed by atoms with Crippen LogP contribution in [0.4, 0.5) is 11.4 Å². The fraction of sp³-hybridized carbons (Fsp3) is 0.588. The molecular weight excluding hydrogens is 248 g/mol. The maximum absolute atomic E-state index is 12.7.